The van der Waals surface area contributed by atoms with Gasteiger partial charge in [-0.25, -0.2) is 10.8 Å². The number of hydrazine groups is 1. The van der Waals surface area contributed by atoms with Crippen LogP contribution in [0.2, 0.25) is 0 Å². The largest absolute Gasteiger partial charge is 0.481 e. The number of carbonyl (C=O) groups excluding carboxylic acids is 1. The molecule has 1 aromatic heterocycles. The Hall–Kier alpha value is -1.47. The van der Waals surface area contributed by atoms with Crippen molar-refractivity contribution in [3.05, 3.63) is 16.1 Å². The lowest BCUT2D eigenvalue weighted by Crippen LogP contribution is -2.47. The first-order chi connectivity index (χ1) is 9.00. The number of aliphatic carboxylic acids is 1. The predicted octanol–water partition coefficient (Wildman–Crippen LogP) is 1.21. The van der Waals surface area contributed by atoms with Gasteiger partial charge >= 0.3 is 5.97 Å². The number of carbonyl (C=O) groups is 2. The van der Waals surface area contributed by atoms with Gasteiger partial charge in [0.05, 0.1) is 16.1 Å². The van der Waals surface area contributed by atoms with E-state index >= 15 is 0 Å². The molecule has 7 heteroatoms. The Labute approximate surface area is 116 Å². The number of nitrogens with one attached hydrogen (secondary N) is 1. The maximum atomic E-state index is 12.1. The average molecular weight is 285 g/mol. The maximum absolute atomic E-state index is 12.1. The Bertz CT molecular complexity index is 461. The van der Waals surface area contributed by atoms with Crippen LogP contribution in [0.3, 0.4) is 0 Å². The minimum atomic E-state index is -0.961. The monoisotopic (exact) mass is 285 g/mol. The summed E-state index contributed by atoms with van der Waals surface area (Å²) in [6.07, 6.45) is 1.33. The molecule has 1 rings (SSSR count). The number of thiazole rings is 1. The highest BCUT2D eigenvalue weighted by Gasteiger charge is 2.40. The van der Waals surface area contributed by atoms with Crippen LogP contribution in [0.5, 0.6) is 0 Å². The molecule has 0 aliphatic heterocycles. The molecule has 0 unspecified atom stereocenters. The van der Waals surface area contributed by atoms with Crippen LogP contribution >= 0.6 is 11.3 Å². The number of amides is 1. The number of carboxylic acids is 1. The Morgan fingerprint density at radius 2 is 2.21 bits per heavy atom. The second-order valence-corrected chi connectivity index (χ2v) is 5.23. The second-order valence-electron chi connectivity index (χ2n) is 4.28. The summed E-state index contributed by atoms with van der Waals surface area (Å²) in [4.78, 5) is 27.3. The number of aryl methyl sites for hydroxylation is 1. The molecule has 4 N–H and O–H groups in total. The highest BCUT2D eigenvalue weighted by molar-refractivity contribution is 7.09. The summed E-state index contributed by atoms with van der Waals surface area (Å²) in [5.74, 6) is 3.92. The zero-order valence-corrected chi connectivity index (χ0v) is 11.9. The third-order valence-electron chi connectivity index (χ3n) is 3.28. The summed E-state index contributed by atoms with van der Waals surface area (Å²) in [6, 6.07) is 0. The van der Waals surface area contributed by atoms with E-state index in [0.29, 0.717) is 12.1 Å². The van der Waals surface area contributed by atoms with E-state index < -0.39 is 11.4 Å². The molecule has 1 aromatic rings. The topological polar surface area (TPSA) is 105 Å². The molecule has 6 nitrogen and oxygen atoms in total. The molecule has 0 saturated carbocycles. The summed E-state index contributed by atoms with van der Waals surface area (Å²) in [6.45, 7) is 3.82. The Kier molecular flexibility index (Phi) is 5.44. The minimum absolute atomic E-state index is 0.0970. The van der Waals surface area contributed by atoms with Gasteiger partial charge in [0.1, 0.15) is 0 Å². The lowest BCUT2D eigenvalue weighted by molar-refractivity contribution is -0.138. The molecule has 1 amide bonds. The van der Waals surface area contributed by atoms with Crippen molar-refractivity contribution in [2.75, 3.05) is 0 Å². The van der Waals surface area contributed by atoms with E-state index in [4.69, 9.17) is 10.9 Å². The number of carboxylic acid groups (broad SMARTS) is 1. The molecule has 1 heterocycles. The third kappa shape index (κ3) is 3.30. The summed E-state index contributed by atoms with van der Waals surface area (Å²) in [7, 11) is 0. The van der Waals surface area contributed by atoms with Crippen LogP contribution in [0, 0.1) is 0 Å². The molecule has 1 atom stereocenters. The van der Waals surface area contributed by atoms with Gasteiger partial charge in [-0.15, -0.1) is 11.3 Å². The molecule has 106 valence electrons. The van der Waals surface area contributed by atoms with Crippen LogP contribution in [0.1, 0.15) is 43.8 Å². The van der Waals surface area contributed by atoms with E-state index in [2.05, 4.69) is 10.4 Å². The second kappa shape index (κ2) is 6.63. The number of nitrogens with zero attached hydrogens (tertiary/aromatic N) is 1. The van der Waals surface area contributed by atoms with Crippen molar-refractivity contribution in [3.63, 3.8) is 0 Å². The fourth-order valence-electron chi connectivity index (χ4n) is 2.03. The normalized spacial score (nSPS) is 13.8. The van der Waals surface area contributed by atoms with Gasteiger partial charge in [0.25, 0.3) is 0 Å². The van der Waals surface area contributed by atoms with E-state index in [1.54, 1.807) is 0 Å². The average Bonchev–Trinajstić information content (AvgIpc) is 2.88. The van der Waals surface area contributed by atoms with Crippen LogP contribution < -0.4 is 11.3 Å². The molecule has 0 radical (unpaired) electrons. The van der Waals surface area contributed by atoms with Gasteiger partial charge in [0.15, 0.2) is 0 Å². The van der Waals surface area contributed by atoms with Crippen LogP contribution in [0.15, 0.2) is 5.38 Å². The van der Waals surface area contributed by atoms with Crippen LogP contribution in [-0.2, 0) is 21.4 Å². The zero-order valence-electron chi connectivity index (χ0n) is 11.1. The van der Waals surface area contributed by atoms with E-state index in [-0.39, 0.29) is 18.7 Å². The predicted molar refractivity (Wildman–Crippen MR) is 72.7 cm³/mol. The Morgan fingerprint density at radius 1 is 1.53 bits per heavy atom. The lowest BCUT2D eigenvalue weighted by Gasteiger charge is -2.28. The zero-order chi connectivity index (χ0) is 14.5. The molecular formula is C12H19N3O3S. The van der Waals surface area contributed by atoms with Gasteiger partial charge in [-0.3, -0.25) is 15.0 Å². The smallest absolute Gasteiger partial charge is 0.303 e. The van der Waals surface area contributed by atoms with Crippen molar-refractivity contribution in [2.45, 2.75) is 44.9 Å². The first kappa shape index (κ1) is 15.6. The third-order valence-corrected chi connectivity index (χ3v) is 4.27. The quantitative estimate of drug-likeness (QED) is 0.397. The summed E-state index contributed by atoms with van der Waals surface area (Å²) in [5, 5.41) is 11.6. The van der Waals surface area contributed by atoms with E-state index in [1.165, 1.54) is 11.3 Å². The van der Waals surface area contributed by atoms with Crippen molar-refractivity contribution >= 4 is 23.2 Å². The van der Waals surface area contributed by atoms with Gasteiger partial charge in [-0.1, -0.05) is 13.8 Å². The van der Waals surface area contributed by atoms with Crippen molar-refractivity contribution in [2.24, 2.45) is 5.84 Å². The van der Waals surface area contributed by atoms with Gasteiger partial charge in [0, 0.05) is 11.8 Å². The van der Waals surface area contributed by atoms with Crippen LogP contribution in [0.4, 0.5) is 0 Å². The highest BCUT2D eigenvalue weighted by atomic mass is 32.1. The molecule has 19 heavy (non-hydrogen) atoms. The highest BCUT2D eigenvalue weighted by Crippen LogP contribution is 2.34. The maximum Gasteiger partial charge on any atom is 0.303 e. The fourth-order valence-corrected chi connectivity index (χ4v) is 2.87. The van der Waals surface area contributed by atoms with Crippen molar-refractivity contribution < 1.29 is 14.7 Å². The van der Waals surface area contributed by atoms with E-state index in [1.807, 2.05) is 19.2 Å². The Balaban J connectivity index is 3.14. The minimum Gasteiger partial charge on any atom is -0.481 e. The molecule has 0 aliphatic rings. The van der Waals surface area contributed by atoms with Gasteiger partial charge in [-0.05, 0) is 19.3 Å². The first-order valence-electron chi connectivity index (χ1n) is 6.17. The molecule has 0 spiro atoms. The standard InChI is InChI=1S/C12H19N3O3S/c1-3-9-14-8(7-19-9)12(4-2,11(18)15-13)6-5-10(16)17/h7H,3-6,13H2,1-2H3,(H,15,18)(H,16,17)/t12-/m0/s1. The number of nitrogens with two attached hydrogens (primary N) is 1. The Morgan fingerprint density at radius 3 is 2.63 bits per heavy atom. The first-order valence-corrected chi connectivity index (χ1v) is 7.05. The number of rotatable bonds is 7. The van der Waals surface area contributed by atoms with Gasteiger partial charge < -0.3 is 5.11 Å². The fraction of sp³-hybridized carbons (Fsp3) is 0.583. The van der Waals surface area contributed by atoms with Crippen molar-refractivity contribution in [1.29, 1.82) is 0 Å². The molecule has 0 fully saturated rings. The lowest BCUT2D eigenvalue weighted by atomic mass is 9.77. The molecule has 0 saturated heterocycles. The number of hydrogen-bond acceptors (Lipinski definition) is 5. The summed E-state index contributed by atoms with van der Waals surface area (Å²) in [5.41, 5.74) is 1.79. The van der Waals surface area contributed by atoms with Crippen molar-refractivity contribution in [1.82, 2.24) is 10.4 Å². The number of hydrogen-bond donors (Lipinski definition) is 3. The van der Waals surface area contributed by atoms with E-state index in [0.717, 1.165) is 11.4 Å². The summed E-state index contributed by atoms with van der Waals surface area (Å²) >= 11 is 1.47. The van der Waals surface area contributed by atoms with Crippen LogP contribution in [0.25, 0.3) is 0 Å². The van der Waals surface area contributed by atoms with Crippen molar-refractivity contribution in [3.8, 4) is 0 Å². The molecular weight excluding hydrogens is 266 g/mol. The molecule has 0 aliphatic carbocycles. The molecule has 0 aromatic carbocycles. The van der Waals surface area contributed by atoms with Gasteiger partial charge in [-0.2, -0.15) is 0 Å². The summed E-state index contributed by atoms with van der Waals surface area (Å²) < 4.78 is 0. The number of aromatic nitrogens is 1. The SMILES string of the molecule is CCc1nc([C@](CC)(CCC(=O)O)C(=O)NN)cs1. The van der Waals surface area contributed by atoms with Crippen LogP contribution in [-0.4, -0.2) is 22.0 Å². The molecule has 0 bridgehead atoms. The van der Waals surface area contributed by atoms with Gasteiger partial charge in [0.2, 0.25) is 5.91 Å². The van der Waals surface area contributed by atoms with E-state index in [9.17, 15) is 9.59 Å².